The van der Waals surface area contributed by atoms with E-state index in [1.807, 2.05) is 45.0 Å². The van der Waals surface area contributed by atoms with E-state index in [1.165, 1.54) is 0 Å². The quantitative estimate of drug-likeness (QED) is 0.889. The molecule has 0 unspecified atom stereocenters. The van der Waals surface area contributed by atoms with Gasteiger partial charge in [-0.25, -0.2) is 4.79 Å². The van der Waals surface area contributed by atoms with Crippen molar-refractivity contribution in [2.75, 3.05) is 0 Å². The Labute approximate surface area is 153 Å². The number of carbonyl (C=O) groups is 1. The average molecular weight is 350 g/mol. The summed E-state index contributed by atoms with van der Waals surface area (Å²) >= 11 is 0. The van der Waals surface area contributed by atoms with Crippen molar-refractivity contribution in [3.05, 3.63) is 58.7 Å². The molecule has 26 heavy (non-hydrogen) atoms. The van der Waals surface area contributed by atoms with Crippen LogP contribution in [0, 0.1) is 11.3 Å². The van der Waals surface area contributed by atoms with Crippen LogP contribution in [0.3, 0.4) is 0 Å². The smallest absolute Gasteiger partial charge is 0.410 e. The van der Waals surface area contributed by atoms with Crippen LogP contribution >= 0.6 is 0 Å². The normalized spacial score (nSPS) is 13.3. The second-order valence-electron chi connectivity index (χ2n) is 7.46. The van der Waals surface area contributed by atoms with Gasteiger partial charge in [-0.15, -0.1) is 0 Å². The first-order valence-electron chi connectivity index (χ1n) is 8.54. The van der Waals surface area contributed by atoms with E-state index in [0.717, 1.165) is 27.8 Å². The van der Waals surface area contributed by atoms with Gasteiger partial charge in [-0.1, -0.05) is 18.2 Å². The van der Waals surface area contributed by atoms with Crippen LogP contribution in [0.5, 0.6) is 0 Å². The molecule has 0 aliphatic carbocycles. The summed E-state index contributed by atoms with van der Waals surface area (Å²) in [6.45, 7) is 6.40. The minimum absolute atomic E-state index is 0.0665. The zero-order valence-electron chi connectivity index (χ0n) is 15.2. The maximum atomic E-state index is 12.4. The van der Waals surface area contributed by atoms with Crippen LogP contribution in [-0.2, 0) is 24.4 Å². The van der Waals surface area contributed by atoms with Crippen molar-refractivity contribution in [1.82, 2.24) is 4.90 Å². The number of nitrogens with zero attached hydrogens (tertiary/aromatic N) is 2. The zero-order chi connectivity index (χ0) is 18.9. The molecule has 1 heterocycles. The summed E-state index contributed by atoms with van der Waals surface area (Å²) in [5, 5.41) is 18.6. The van der Waals surface area contributed by atoms with Gasteiger partial charge in [-0.2, -0.15) is 5.26 Å². The fourth-order valence-corrected chi connectivity index (χ4v) is 3.11. The van der Waals surface area contributed by atoms with Crippen molar-refractivity contribution in [2.24, 2.45) is 0 Å². The van der Waals surface area contributed by atoms with Gasteiger partial charge in [0.15, 0.2) is 0 Å². The molecule has 0 bridgehead atoms. The molecule has 3 rings (SSSR count). The van der Waals surface area contributed by atoms with Gasteiger partial charge >= 0.3 is 6.09 Å². The first kappa shape index (κ1) is 18.0. The van der Waals surface area contributed by atoms with Gasteiger partial charge in [0.1, 0.15) is 5.60 Å². The summed E-state index contributed by atoms with van der Waals surface area (Å²) in [5.41, 5.74) is 4.86. The highest BCUT2D eigenvalue weighted by molar-refractivity contribution is 5.75. The lowest BCUT2D eigenvalue weighted by Gasteiger charge is -2.24. The first-order valence-corrected chi connectivity index (χ1v) is 8.54. The molecule has 1 N–H and O–H groups in total. The summed E-state index contributed by atoms with van der Waals surface area (Å²) in [6, 6.07) is 13.3. The molecule has 5 nitrogen and oxygen atoms in total. The van der Waals surface area contributed by atoms with Crippen LogP contribution in [-0.4, -0.2) is 21.7 Å². The number of fused-ring (bicyclic) bond motifs is 1. The van der Waals surface area contributed by atoms with E-state index in [9.17, 15) is 9.90 Å². The Morgan fingerprint density at radius 3 is 2.50 bits per heavy atom. The van der Waals surface area contributed by atoms with Crippen molar-refractivity contribution in [3.63, 3.8) is 0 Å². The minimum Gasteiger partial charge on any atom is -0.444 e. The molecule has 134 valence electrons. The fourth-order valence-electron chi connectivity index (χ4n) is 3.11. The Morgan fingerprint density at radius 2 is 1.92 bits per heavy atom. The predicted octanol–water partition coefficient (Wildman–Crippen LogP) is 3.97. The van der Waals surface area contributed by atoms with Crippen LogP contribution < -0.4 is 0 Å². The van der Waals surface area contributed by atoms with E-state index >= 15 is 0 Å². The molecule has 0 saturated heterocycles. The van der Waals surface area contributed by atoms with Gasteiger partial charge in [0.05, 0.1) is 24.8 Å². The highest BCUT2D eigenvalue weighted by atomic mass is 16.6. The van der Waals surface area contributed by atoms with Crippen molar-refractivity contribution in [3.8, 4) is 17.2 Å². The number of aliphatic hydroxyl groups excluding tert-OH is 1. The summed E-state index contributed by atoms with van der Waals surface area (Å²) in [6.07, 6.45) is -0.343. The Hall–Kier alpha value is -2.84. The number of hydrogen-bond donors (Lipinski definition) is 1. The number of amides is 1. The van der Waals surface area contributed by atoms with Crippen LogP contribution in [0.2, 0.25) is 0 Å². The van der Waals surface area contributed by atoms with Crippen molar-refractivity contribution < 1.29 is 14.6 Å². The van der Waals surface area contributed by atoms with Crippen molar-refractivity contribution in [1.29, 1.82) is 5.26 Å². The second kappa shape index (κ2) is 6.81. The SMILES string of the molecule is CC(C)(C)OC(=O)N1Cc2cc(CO)cc(-c3ccc(C#N)cc3)c2C1. The van der Waals surface area contributed by atoms with E-state index in [2.05, 4.69) is 6.07 Å². The number of nitriles is 1. The van der Waals surface area contributed by atoms with Gasteiger partial charge < -0.3 is 9.84 Å². The van der Waals surface area contributed by atoms with Crippen LogP contribution in [0.15, 0.2) is 36.4 Å². The molecular weight excluding hydrogens is 328 g/mol. The summed E-state index contributed by atoms with van der Waals surface area (Å²) in [4.78, 5) is 14.1. The third kappa shape index (κ3) is 3.71. The maximum absolute atomic E-state index is 12.4. The van der Waals surface area contributed by atoms with Gasteiger partial charge in [0.2, 0.25) is 0 Å². The predicted molar refractivity (Wildman–Crippen MR) is 98.0 cm³/mol. The molecule has 0 radical (unpaired) electrons. The maximum Gasteiger partial charge on any atom is 0.410 e. The third-order valence-electron chi connectivity index (χ3n) is 4.27. The Balaban J connectivity index is 1.96. The molecule has 0 atom stereocenters. The van der Waals surface area contributed by atoms with E-state index in [4.69, 9.17) is 10.00 Å². The topological polar surface area (TPSA) is 73.6 Å². The largest absolute Gasteiger partial charge is 0.444 e. The zero-order valence-corrected chi connectivity index (χ0v) is 15.2. The molecule has 0 aromatic heterocycles. The van der Waals surface area contributed by atoms with E-state index in [-0.39, 0.29) is 12.7 Å². The molecule has 1 aliphatic heterocycles. The van der Waals surface area contributed by atoms with Gasteiger partial charge in [0.25, 0.3) is 0 Å². The third-order valence-corrected chi connectivity index (χ3v) is 4.27. The average Bonchev–Trinajstić information content (AvgIpc) is 3.03. The number of rotatable bonds is 2. The summed E-state index contributed by atoms with van der Waals surface area (Å²) in [7, 11) is 0. The lowest BCUT2D eigenvalue weighted by Crippen LogP contribution is -2.33. The molecule has 5 heteroatoms. The lowest BCUT2D eigenvalue weighted by atomic mass is 9.94. The molecular formula is C21H22N2O3. The molecule has 1 amide bonds. The standard InChI is InChI=1S/C21H22N2O3/c1-21(2,3)26-20(25)23-11-17-8-15(13-24)9-18(19(17)12-23)16-6-4-14(10-22)5-7-16/h4-9,24H,11-13H2,1-3H3. The molecule has 1 aliphatic rings. The van der Waals surface area contributed by atoms with Gasteiger partial charge in [0, 0.05) is 6.54 Å². The number of aliphatic hydroxyl groups is 1. The highest BCUT2D eigenvalue weighted by Gasteiger charge is 2.29. The Kier molecular flexibility index (Phi) is 4.71. The Morgan fingerprint density at radius 1 is 1.23 bits per heavy atom. The van der Waals surface area contributed by atoms with Crippen molar-refractivity contribution >= 4 is 6.09 Å². The van der Waals surface area contributed by atoms with Gasteiger partial charge in [-0.3, -0.25) is 4.90 Å². The van der Waals surface area contributed by atoms with E-state index < -0.39 is 5.60 Å². The van der Waals surface area contributed by atoms with Gasteiger partial charge in [-0.05, 0) is 66.8 Å². The summed E-state index contributed by atoms with van der Waals surface area (Å²) < 4.78 is 5.49. The summed E-state index contributed by atoms with van der Waals surface area (Å²) in [5.74, 6) is 0. The number of ether oxygens (including phenoxy) is 1. The fraction of sp³-hybridized carbons (Fsp3) is 0.333. The number of hydrogen-bond acceptors (Lipinski definition) is 4. The highest BCUT2D eigenvalue weighted by Crippen LogP contribution is 2.35. The molecule has 0 fully saturated rings. The Bertz CT molecular complexity index is 874. The molecule has 0 saturated carbocycles. The van der Waals surface area contributed by atoms with Crippen LogP contribution in [0.25, 0.3) is 11.1 Å². The second-order valence-corrected chi connectivity index (χ2v) is 7.46. The van der Waals surface area contributed by atoms with E-state index in [0.29, 0.717) is 18.7 Å². The van der Waals surface area contributed by atoms with Crippen LogP contribution in [0.1, 0.15) is 43.0 Å². The number of carbonyl (C=O) groups excluding carboxylic acids is 1. The monoisotopic (exact) mass is 350 g/mol. The molecule has 0 spiro atoms. The first-order chi connectivity index (χ1) is 12.3. The molecule has 2 aromatic rings. The number of benzene rings is 2. The van der Waals surface area contributed by atoms with Crippen molar-refractivity contribution in [2.45, 2.75) is 46.1 Å². The van der Waals surface area contributed by atoms with Crippen LogP contribution in [0.4, 0.5) is 4.79 Å². The molecule has 2 aromatic carbocycles. The minimum atomic E-state index is -0.544. The van der Waals surface area contributed by atoms with E-state index in [1.54, 1.807) is 17.0 Å². The lowest BCUT2D eigenvalue weighted by molar-refractivity contribution is 0.0242.